The molecule has 1 heterocycles. The first-order chi connectivity index (χ1) is 11.1. The van der Waals surface area contributed by atoms with Crippen molar-refractivity contribution in [2.45, 2.75) is 19.4 Å². The zero-order valence-corrected chi connectivity index (χ0v) is 13.6. The molecule has 0 radical (unpaired) electrons. The minimum atomic E-state index is -0.539. The summed E-state index contributed by atoms with van der Waals surface area (Å²) in [5, 5.41) is 3.09. The Bertz CT molecular complexity index is 576. The van der Waals surface area contributed by atoms with Crippen LogP contribution < -0.4 is 14.8 Å². The summed E-state index contributed by atoms with van der Waals surface area (Å²) in [4.78, 5) is 25.2. The molecule has 126 valence electrons. The summed E-state index contributed by atoms with van der Waals surface area (Å²) < 4.78 is 15.8. The maximum absolute atomic E-state index is 12.1. The van der Waals surface area contributed by atoms with E-state index in [2.05, 4.69) is 5.32 Å². The number of hydrogen-bond donors (Lipinski definition) is 1. The molecule has 1 saturated heterocycles. The highest BCUT2D eigenvalue weighted by atomic mass is 16.5. The molecule has 0 bridgehead atoms. The highest BCUT2D eigenvalue weighted by molar-refractivity contribution is 6.06. The van der Waals surface area contributed by atoms with E-state index < -0.39 is 6.04 Å². The summed E-state index contributed by atoms with van der Waals surface area (Å²) in [6.07, 6.45) is 0.165. The van der Waals surface area contributed by atoms with Crippen molar-refractivity contribution in [3.63, 3.8) is 0 Å². The molecule has 0 aromatic heterocycles. The number of carbonyl (C=O) groups excluding carboxylic acids is 2. The quantitative estimate of drug-likeness (QED) is 0.574. The second-order valence-corrected chi connectivity index (χ2v) is 5.08. The van der Waals surface area contributed by atoms with E-state index in [1.54, 1.807) is 39.3 Å². The van der Waals surface area contributed by atoms with Gasteiger partial charge in [-0.2, -0.15) is 0 Å². The SMILES string of the molecule is CCN1C(=O)C[C@@H](Nc2ccc(OC)c(OCCOC)c2)C1=O. The predicted octanol–water partition coefficient (Wildman–Crippen LogP) is 1.28. The number of likely N-dealkylation sites (N-methyl/N-ethyl adjacent to an activating group) is 1. The number of likely N-dealkylation sites (tertiary alicyclic amines) is 1. The number of rotatable bonds is 8. The lowest BCUT2D eigenvalue weighted by molar-refractivity contribution is -0.138. The smallest absolute Gasteiger partial charge is 0.252 e. The van der Waals surface area contributed by atoms with Crippen molar-refractivity contribution in [3.8, 4) is 11.5 Å². The van der Waals surface area contributed by atoms with Gasteiger partial charge in [-0.25, -0.2) is 0 Å². The van der Waals surface area contributed by atoms with E-state index in [0.717, 1.165) is 0 Å². The van der Waals surface area contributed by atoms with Crippen LogP contribution in [0.15, 0.2) is 18.2 Å². The molecule has 1 atom stereocenters. The lowest BCUT2D eigenvalue weighted by Crippen LogP contribution is -2.34. The summed E-state index contributed by atoms with van der Waals surface area (Å²) in [5.41, 5.74) is 0.697. The fourth-order valence-corrected chi connectivity index (χ4v) is 2.44. The van der Waals surface area contributed by atoms with Gasteiger partial charge in [0.2, 0.25) is 5.91 Å². The molecule has 1 aliphatic rings. The number of anilines is 1. The van der Waals surface area contributed by atoms with Gasteiger partial charge in [-0.3, -0.25) is 14.5 Å². The van der Waals surface area contributed by atoms with Crippen LogP contribution in [-0.2, 0) is 14.3 Å². The second-order valence-electron chi connectivity index (χ2n) is 5.08. The van der Waals surface area contributed by atoms with Crippen molar-refractivity contribution >= 4 is 17.5 Å². The van der Waals surface area contributed by atoms with E-state index in [0.29, 0.717) is 36.9 Å². The molecule has 0 aliphatic carbocycles. The highest BCUT2D eigenvalue weighted by Crippen LogP contribution is 2.31. The molecule has 1 N–H and O–H groups in total. The molecule has 2 rings (SSSR count). The molecule has 1 aromatic rings. The minimum absolute atomic E-state index is 0.153. The maximum atomic E-state index is 12.1. The average molecular weight is 322 g/mol. The number of methoxy groups -OCH3 is 2. The molecule has 0 unspecified atom stereocenters. The van der Waals surface area contributed by atoms with Crippen LogP contribution in [0.25, 0.3) is 0 Å². The van der Waals surface area contributed by atoms with Gasteiger partial charge in [-0.15, -0.1) is 0 Å². The van der Waals surface area contributed by atoms with E-state index in [9.17, 15) is 9.59 Å². The first-order valence-electron chi connectivity index (χ1n) is 7.51. The summed E-state index contributed by atoms with van der Waals surface area (Å²) in [5.74, 6) is 0.796. The first kappa shape index (κ1) is 17.1. The van der Waals surface area contributed by atoms with Gasteiger partial charge in [0.15, 0.2) is 11.5 Å². The molecule has 7 heteroatoms. The molecule has 1 aromatic carbocycles. The fourth-order valence-electron chi connectivity index (χ4n) is 2.44. The fraction of sp³-hybridized carbons (Fsp3) is 0.500. The van der Waals surface area contributed by atoms with Crippen LogP contribution >= 0.6 is 0 Å². The number of ether oxygens (including phenoxy) is 3. The van der Waals surface area contributed by atoms with Gasteiger partial charge in [-0.1, -0.05) is 0 Å². The average Bonchev–Trinajstić information content (AvgIpc) is 2.81. The van der Waals surface area contributed by atoms with Crippen LogP contribution in [0, 0.1) is 0 Å². The Labute approximate surface area is 135 Å². The van der Waals surface area contributed by atoms with Crippen LogP contribution in [-0.4, -0.2) is 56.7 Å². The molecular formula is C16H22N2O5. The van der Waals surface area contributed by atoms with Gasteiger partial charge < -0.3 is 19.5 Å². The molecule has 23 heavy (non-hydrogen) atoms. The number of nitrogens with zero attached hydrogens (tertiary/aromatic N) is 1. The lowest BCUT2D eigenvalue weighted by atomic mass is 10.2. The van der Waals surface area contributed by atoms with Crippen molar-refractivity contribution in [1.29, 1.82) is 0 Å². The minimum Gasteiger partial charge on any atom is -0.493 e. The Morgan fingerprint density at radius 2 is 2.00 bits per heavy atom. The van der Waals surface area contributed by atoms with Crippen molar-refractivity contribution in [2.75, 3.05) is 39.3 Å². The van der Waals surface area contributed by atoms with Crippen molar-refractivity contribution in [2.24, 2.45) is 0 Å². The Hall–Kier alpha value is -2.28. The van der Waals surface area contributed by atoms with E-state index in [4.69, 9.17) is 14.2 Å². The summed E-state index contributed by atoms with van der Waals surface area (Å²) >= 11 is 0. The van der Waals surface area contributed by atoms with E-state index in [1.165, 1.54) is 4.90 Å². The Balaban J connectivity index is 2.09. The topological polar surface area (TPSA) is 77.1 Å². The van der Waals surface area contributed by atoms with Crippen LogP contribution in [0.4, 0.5) is 5.69 Å². The summed E-state index contributed by atoms with van der Waals surface area (Å²) in [6, 6.07) is 4.75. The molecule has 2 amide bonds. The van der Waals surface area contributed by atoms with Crippen LogP contribution in [0.5, 0.6) is 11.5 Å². The standard InChI is InChI=1S/C16H22N2O5/c1-4-18-15(19)10-12(16(18)20)17-11-5-6-13(22-3)14(9-11)23-8-7-21-2/h5-6,9,12,17H,4,7-8,10H2,1-3H3/t12-/m1/s1. The number of benzene rings is 1. The highest BCUT2D eigenvalue weighted by Gasteiger charge is 2.37. The number of nitrogens with one attached hydrogen (secondary N) is 1. The molecule has 0 saturated carbocycles. The third-order valence-corrected chi connectivity index (χ3v) is 3.61. The number of hydrogen-bond acceptors (Lipinski definition) is 6. The van der Waals surface area contributed by atoms with Gasteiger partial charge in [0, 0.05) is 25.4 Å². The predicted molar refractivity (Wildman–Crippen MR) is 84.8 cm³/mol. The van der Waals surface area contributed by atoms with Crippen LogP contribution in [0.2, 0.25) is 0 Å². The lowest BCUT2D eigenvalue weighted by Gasteiger charge is -2.16. The monoisotopic (exact) mass is 322 g/mol. The van der Waals surface area contributed by atoms with Crippen molar-refractivity contribution < 1.29 is 23.8 Å². The van der Waals surface area contributed by atoms with Gasteiger partial charge in [0.1, 0.15) is 12.6 Å². The van der Waals surface area contributed by atoms with Gasteiger partial charge in [-0.05, 0) is 19.1 Å². The van der Waals surface area contributed by atoms with Crippen LogP contribution in [0.3, 0.4) is 0 Å². The number of imide groups is 1. The summed E-state index contributed by atoms with van der Waals surface area (Å²) in [7, 11) is 3.16. The maximum Gasteiger partial charge on any atom is 0.252 e. The van der Waals surface area contributed by atoms with Crippen molar-refractivity contribution in [3.05, 3.63) is 18.2 Å². The number of carbonyl (C=O) groups is 2. The Kier molecular flexibility index (Phi) is 5.81. The van der Waals surface area contributed by atoms with E-state index >= 15 is 0 Å². The molecule has 0 spiro atoms. The third-order valence-electron chi connectivity index (χ3n) is 3.61. The molecule has 1 fully saturated rings. The first-order valence-corrected chi connectivity index (χ1v) is 7.51. The Morgan fingerprint density at radius 3 is 2.61 bits per heavy atom. The van der Waals surface area contributed by atoms with Crippen molar-refractivity contribution in [1.82, 2.24) is 4.90 Å². The zero-order valence-electron chi connectivity index (χ0n) is 13.6. The van der Waals surface area contributed by atoms with Crippen LogP contribution in [0.1, 0.15) is 13.3 Å². The van der Waals surface area contributed by atoms with E-state index in [-0.39, 0.29) is 18.2 Å². The molecular weight excluding hydrogens is 300 g/mol. The third kappa shape index (κ3) is 3.92. The largest absolute Gasteiger partial charge is 0.493 e. The normalized spacial score (nSPS) is 17.5. The van der Waals surface area contributed by atoms with E-state index in [1.807, 2.05) is 0 Å². The summed E-state index contributed by atoms with van der Waals surface area (Å²) in [6.45, 7) is 3.03. The molecule has 1 aliphatic heterocycles. The van der Waals surface area contributed by atoms with Gasteiger partial charge >= 0.3 is 0 Å². The zero-order chi connectivity index (χ0) is 16.8. The van der Waals surface area contributed by atoms with Gasteiger partial charge in [0.25, 0.3) is 5.91 Å². The molecule has 7 nitrogen and oxygen atoms in total. The second kappa shape index (κ2) is 7.82. The Morgan fingerprint density at radius 1 is 1.22 bits per heavy atom. The number of amides is 2. The van der Waals surface area contributed by atoms with Gasteiger partial charge in [0.05, 0.1) is 20.1 Å².